The predicted octanol–water partition coefficient (Wildman–Crippen LogP) is 0.383. The van der Waals surface area contributed by atoms with Crippen molar-refractivity contribution in [2.45, 2.75) is 0 Å². The SMILES string of the molecule is O=C(O)c1cncc(N[N+](=O)[O-])c1. The maximum absolute atomic E-state index is 10.4. The van der Waals surface area contributed by atoms with E-state index >= 15 is 0 Å². The van der Waals surface area contributed by atoms with E-state index in [2.05, 4.69) is 4.98 Å². The minimum atomic E-state index is -1.18. The Balaban J connectivity index is 2.91. The van der Waals surface area contributed by atoms with Crippen molar-refractivity contribution in [1.82, 2.24) is 4.98 Å². The molecule has 0 fully saturated rings. The standard InChI is InChI=1S/C6H5N3O4/c10-6(11)4-1-5(3-7-2-4)8-9(12)13/h1-3,8H,(H,10,11). The second-order valence-electron chi connectivity index (χ2n) is 2.14. The van der Waals surface area contributed by atoms with Crippen LogP contribution < -0.4 is 5.43 Å². The molecule has 0 aliphatic heterocycles. The fourth-order valence-corrected chi connectivity index (χ4v) is 0.723. The highest BCUT2D eigenvalue weighted by Gasteiger charge is 2.06. The first-order valence-electron chi connectivity index (χ1n) is 3.19. The lowest BCUT2D eigenvalue weighted by Gasteiger charge is -1.97. The minimum Gasteiger partial charge on any atom is -0.478 e. The number of hydrogen-bond acceptors (Lipinski definition) is 4. The normalized spacial score (nSPS) is 9.23. The molecule has 0 aliphatic carbocycles. The average Bonchev–Trinajstić information content (AvgIpc) is 2.03. The van der Waals surface area contributed by atoms with Gasteiger partial charge in [-0.25, -0.2) is 14.9 Å². The first-order chi connectivity index (χ1) is 6.09. The summed E-state index contributed by atoms with van der Waals surface area (Å²) in [6.45, 7) is 0. The van der Waals surface area contributed by atoms with Crippen molar-refractivity contribution in [3.05, 3.63) is 34.1 Å². The van der Waals surface area contributed by atoms with Gasteiger partial charge in [-0.05, 0) is 6.07 Å². The smallest absolute Gasteiger partial charge is 0.337 e. The molecular formula is C6H5N3O4. The predicted molar refractivity (Wildman–Crippen MR) is 41.8 cm³/mol. The highest BCUT2D eigenvalue weighted by molar-refractivity contribution is 5.88. The third kappa shape index (κ3) is 2.40. The lowest BCUT2D eigenvalue weighted by atomic mass is 10.3. The highest BCUT2D eigenvalue weighted by atomic mass is 16.7. The summed E-state index contributed by atoms with van der Waals surface area (Å²) in [4.78, 5) is 23.9. The van der Waals surface area contributed by atoms with Gasteiger partial charge >= 0.3 is 5.97 Å². The Morgan fingerprint density at radius 1 is 1.62 bits per heavy atom. The average molecular weight is 183 g/mol. The number of carboxylic acids is 1. The van der Waals surface area contributed by atoms with Crippen LogP contribution in [0.5, 0.6) is 0 Å². The largest absolute Gasteiger partial charge is 0.478 e. The lowest BCUT2D eigenvalue weighted by Crippen LogP contribution is -2.09. The summed E-state index contributed by atoms with van der Waals surface area (Å²) in [5.41, 5.74) is 1.72. The van der Waals surface area contributed by atoms with Crippen LogP contribution in [0.15, 0.2) is 18.5 Å². The van der Waals surface area contributed by atoms with E-state index in [0.717, 1.165) is 18.5 Å². The number of pyridine rings is 1. The van der Waals surface area contributed by atoms with Crippen molar-refractivity contribution < 1.29 is 14.9 Å². The van der Waals surface area contributed by atoms with Crippen LogP contribution in [0.2, 0.25) is 0 Å². The molecule has 1 heterocycles. The van der Waals surface area contributed by atoms with Crippen molar-refractivity contribution in [3.63, 3.8) is 0 Å². The topological polar surface area (TPSA) is 105 Å². The molecule has 1 rings (SSSR count). The second kappa shape index (κ2) is 3.48. The molecule has 0 saturated heterocycles. The zero-order valence-electron chi connectivity index (χ0n) is 6.30. The fourth-order valence-electron chi connectivity index (χ4n) is 0.723. The van der Waals surface area contributed by atoms with Crippen molar-refractivity contribution >= 4 is 11.7 Å². The van der Waals surface area contributed by atoms with Gasteiger partial charge in [0, 0.05) is 6.20 Å². The molecule has 0 bridgehead atoms. The number of carboxylic acid groups (broad SMARTS) is 1. The summed E-state index contributed by atoms with van der Waals surface area (Å²) in [7, 11) is 0. The Hall–Kier alpha value is -2.18. The third-order valence-corrected chi connectivity index (χ3v) is 1.21. The van der Waals surface area contributed by atoms with E-state index in [-0.39, 0.29) is 11.3 Å². The van der Waals surface area contributed by atoms with Gasteiger partial charge in [0.15, 0.2) is 5.03 Å². The molecule has 0 saturated carbocycles. The van der Waals surface area contributed by atoms with Gasteiger partial charge in [0.2, 0.25) is 0 Å². The van der Waals surface area contributed by atoms with Gasteiger partial charge in [0.05, 0.1) is 11.8 Å². The molecule has 1 aromatic rings. The zero-order chi connectivity index (χ0) is 9.84. The number of anilines is 1. The molecule has 7 nitrogen and oxygen atoms in total. The van der Waals surface area contributed by atoms with Gasteiger partial charge in [-0.2, -0.15) is 0 Å². The van der Waals surface area contributed by atoms with Crippen LogP contribution in [-0.4, -0.2) is 21.1 Å². The number of aromatic carboxylic acids is 1. The van der Waals surface area contributed by atoms with Crippen molar-refractivity contribution in [2.24, 2.45) is 0 Å². The monoisotopic (exact) mass is 183 g/mol. The summed E-state index contributed by atoms with van der Waals surface area (Å²) in [5.74, 6) is -1.18. The molecule has 0 radical (unpaired) electrons. The summed E-state index contributed by atoms with van der Waals surface area (Å²) >= 11 is 0. The van der Waals surface area contributed by atoms with Crippen molar-refractivity contribution in [2.75, 3.05) is 5.43 Å². The van der Waals surface area contributed by atoms with Gasteiger partial charge < -0.3 is 5.11 Å². The second-order valence-corrected chi connectivity index (χ2v) is 2.14. The van der Waals surface area contributed by atoms with Crippen LogP contribution >= 0.6 is 0 Å². The van der Waals surface area contributed by atoms with Gasteiger partial charge in [-0.1, -0.05) is 0 Å². The van der Waals surface area contributed by atoms with Crippen LogP contribution in [0.25, 0.3) is 0 Å². The first kappa shape index (κ1) is 8.91. The number of hydrazine groups is 1. The summed E-state index contributed by atoms with van der Waals surface area (Å²) < 4.78 is 0. The number of hydrogen-bond donors (Lipinski definition) is 2. The number of nitrogens with one attached hydrogen (secondary N) is 1. The number of aromatic nitrogens is 1. The molecule has 13 heavy (non-hydrogen) atoms. The van der Waals surface area contributed by atoms with Crippen molar-refractivity contribution in [1.29, 1.82) is 0 Å². The maximum atomic E-state index is 10.4. The first-order valence-corrected chi connectivity index (χ1v) is 3.19. The van der Waals surface area contributed by atoms with Gasteiger partial charge in [-0.15, -0.1) is 5.43 Å². The quantitative estimate of drug-likeness (QED) is 0.518. The summed E-state index contributed by atoms with van der Waals surface area (Å²) in [5, 5.41) is 17.7. The summed E-state index contributed by atoms with van der Waals surface area (Å²) in [6, 6.07) is 1.12. The molecule has 1 aromatic heterocycles. The molecule has 0 unspecified atom stereocenters. The Bertz CT molecular complexity index is 351. The number of carbonyl (C=O) groups is 1. The molecule has 0 aliphatic rings. The van der Waals surface area contributed by atoms with Crippen LogP contribution in [0.1, 0.15) is 10.4 Å². The maximum Gasteiger partial charge on any atom is 0.337 e. The molecule has 68 valence electrons. The van der Waals surface area contributed by atoms with E-state index in [0.29, 0.717) is 0 Å². The van der Waals surface area contributed by atoms with Crippen molar-refractivity contribution in [3.8, 4) is 0 Å². The highest BCUT2D eigenvalue weighted by Crippen LogP contribution is 2.07. The van der Waals surface area contributed by atoms with E-state index < -0.39 is 11.0 Å². The summed E-state index contributed by atoms with van der Waals surface area (Å²) in [6.07, 6.45) is 2.27. The van der Waals surface area contributed by atoms with Crippen LogP contribution in [-0.2, 0) is 0 Å². The Kier molecular flexibility index (Phi) is 2.38. The van der Waals surface area contributed by atoms with E-state index in [9.17, 15) is 14.9 Å². The minimum absolute atomic E-state index is 0.0323. The van der Waals surface area contributed by atoms with Crippen LogP contribution in [0, 0.1) is 10.1 Å². The Morgan fingerprint density at radius 3 is 2.85 bits per heavy atom. The van der Waals surface area contributed by atoms with Gasteiger partial charge in [-0.3, -0.25) is 4.98 Å². The number of rotatable bonds is 3. The van der Waals surface area contributed by atoms with Crippen LogP contribution in [0.3, 0.4) is 0 Å². The lowest BCUT2D eigenvalue weighted by molar-refractivity contribution is -0.445. The zero-order valence-corrected chi connectivity index (χ0v) is 6.30. The number of nitrogens with zero attached hydrogens (tertiary/aromatic N) is 2. The molecule has 7 heteroatoms. The molecular weight excluding hydrogens is 178 g/mol. The van der Waals surface area contributed by atoms with E-state index in [1.165, 1.54) is 0 Å². The fraction of sp³-hybridized carbons (Fsp3) is 0. The molecule has 0 spiro atoms. The van der Waals surface area contributed by atoms with E-state index in [1.54, 1.807) is 5.43 Å². The van der Waals surface area contributed by atoms with E-state index in [4.69, 9.17) is 5.11 Å². The van der Waals surface area contributed by atoms with Gasteiger partial charge in [0.25, 0.3) is 0 Å². The van der Waals surface area contributed by atoms with E-state index in [1.807, 2.05) is 0 Å². The Labute approximate surface area is 72.1 Å². The third-order valence-electron chi connectivity index (χ3n) is 1.21. The molecule has 0 amide bonds. The number of nitro groups is 1. The Morgan fingerprint density at radius 2 is 2.31 bits per heavy atom. The molecule has 2 N–H and O–H groups in total. The van der Waals surface area contributed by atoms with Gasteiger partial charge in [0.1, 0.15) is 5.69 Å². The van der Waals surface area contributed by atoms with Crippen LogP contribution in [0.4, 0.5) is 5.69 Å². The molecule has 0 aromatic carbocycles. The molecule has 0 atom stereocenters.